The monoisotopic (exact) mass is 276 g/mol. The van der Waals surface area contributed by atoms with Crippen molar-refractivity contribution in [2.75, 3.05) is 0 Å². The number of hydrogen-bond donors (Lipinski definition) is 1. The zero-order valence-electron chi connectivity index (χ0n) is 11.3. The summed E-state index contributed by atoms with van der Waals surface area (Å²) in [6.45, 7) is 5.81. The van der Waals surface area contributed by atoms with Crippen LogP contribution in [0.15, 0.2) is 30.5 Å². The fourth-order valence-corrected chi connectivity index (χ4v) is 1.93. The van der Waals surface area contributed by atoms with Gasteiger partial charge in [-0.05, 0) is 56.2 Å². The maximum absolute atomic E-state index is 6.13. The number of nitrogens with zero attached hydrogens (tertiary/aromatic N) is 1. The van der Waals surface area contributed by atoms with E-state index >= 15 is 0 Å². The summed E-state index contributed by atoms with van der Waals surface area (Å²) in [4.78, 5) is 4.26. The number of hydrogen-bond acceptors (Lipinski definition) is 3. The minimum atomic E-state index is -0.0749. The molecular weight excluding hydrogens is 260 g/mol. The molecule has 0 saturated carbocycles. The van der Waals surface area contributed by atoms with Crippen LogP contribution in [0.3, 0.4) is 0 Å². The molecule has 19 heavy (non-hydrogen) atoms. The van der Waals surface area contributed by atoms with E-state index in [1.165, 1.54) is 0 Å². The molecule has 0 spiro atoms. The van der Waals surface area contributed by atoms with Gasteiger partial charge in [-0.2, -0.15) is 0 Å². The smallest absolute Gasteiger partial charge is 0.145 e. The van der Waals surface area contributed by atoms with Gasteiger partial charge in [-0.1, -0.05) is 11.6 Å². The van der Waals surface area contributed by atoms with Gasteiger partial charge >= 0.3 is 0 Å². The van der Waals surface area contributed by atoms with Gasteiger partial charge in [0, 0.05) is 11.1 Å². The average molecular weight is 277 g/mol. The van der Waals surface area contributed by atoms with Gasteiger partial charge in [0.05, 0.1) is 11.9 Å². The quantitative estimate of drug-likeness (QED) is 0.915. The molecule has 0 amide bonds. The number of benzene rings is 1. The first kappa shape index (κ1) is 13.8. The number of rotatable bonds is 3. The van der Waals surface area contributed by atoms with Crippen LogP contribution in [-0.2, 0) is 0 Å². The number of pyridine rings is 1. The molecule has 0 bridgehead atoms. The van der Waals surface area contributed by atoms with Gasteiger partial charge in [-0.3, -0.25) is 4.98 Å². The Morgan fingerprint density at radius 3 is 2.26 bits per heavy atom. The highest BCUT2D eigenvalue weighted by atomic mass is 35.5. The van der Waals surface area contributed by atoms with E-state index in [1.807, 2.05) is 45.0 Å². The van der Waals surface area contributed by atoms with E-state index in [4.69, 9.17) is 22.1 Å². The molecule has 0 aliphatic heterocycles. The SMILES string of the molecule is Cc1cc(Oc2ccc([C@@H](C)N)nc2)cc(C)c1Cl. The van der Waals surface area contributed by atoms with E-state index in [2.05, 4.69) is 4.98 Å². The summed E-state index contributed by atoms with van der Waals surface area (Å²) in [5.74, 6) is 1.44. The molecule has 0 radical (unpaired) electrons. The van der Waals surface area contributed by atoms with E-state index in [-0.39, 0.29) is 6.04 Å². The minimum Gasteiger partial charge on any atom is -0.456 e. The van der Waals surface area contributed by atoms with E-state index in [9.17, 15) is 0 Å². The van der Waals surface area contributed by atoms with E-state index in [0.29, 0.717) is 5.75 Å². The molecule has 1 aromatic heterocycles. The summed E-state index contributed by atoms with van der Waals surface area (Å²) in [6, 6.07) is 7.48. The summed E-state index contributed by atoms with van der Waals surface area (Å²) in [5, 5.41) is 0.776. The Bertz CT molecular complexity index is 556. The van der Waals surface area contributed by atoms with Crippen molar-refractivity contribution >= 4 is 11.6 Å². The lowest BCUT2D eigenvalue weighted by atomic mass is 10.1. The molecule has 2 rings (SSSR count). The van der Waals surface area contributed by atoms with Crippen LogP contribution in [0.5, 0.6) is 11.5 Å². The molecule has 2 aromatic rings. The van der Waals surface area contributed by atoms with Gasteiger partial charge in [-0.25, -0.2) is 0 Å². The average Bonchev–Trinajstić information content (AvgIpc) is 2.36. The Morgan fingerprint density at radius 1 is 1.16 bits per heavy atom. The first-order valence-electron chi connectivity index (χ1n) is 6.13. The molecular formula is C15H17ClN2O. The van der Waals surface area contributed by atoms with Crippen LogP contribution >= 0.6 is 11.6 Å². The first-order valence-corrected chi connectivity index (χ1v) is 6.51. The third-order valence-electron chi connectivity index (χ3n) is 2.87. The second kappa shape index (κ2) is 5.59. The maximum Gasteiger partial charge on any atom is 0.145 e. The number of nitrogens with two attached hydrogens (primary N) is 1. The van der Waals surface area contributed by atoms with E-state index < -0.39 is 0 Å². The molecule has 0 unspecified atom stereocenters. The van der Waals surface area contributed by atoms with Crippen LogP contribution in [0, 0.1) is 13.8 Å². The van der Waals surface area contributed by atoms with E-state index in [1.54, 1.807) is 6.20 Å². The normalized spacial score (nSPS) is 12.3. The summed E-state index contributed by atoms with van der Waals surface area (Å²) in [5.41, 5.74) is 8.59. The van der Waals surface area contributed by atoms with Crippen molar-refractivity contribution < 1.29 is 4.74 Å². The Hall–Kier alpha value is -1.58. The molecule has 3 nitrogen and oxygen atoms in total. The largest absolute Gasteiger partial charge is 0.456 e. The Kier molecular flexibility index (Phi) is 4.08. The Morgan fingerprint density at radius 2 is 1.79 bits per heavy atom. The molecule has 0 fully saturated rings. The highest BCUT2D eigenvalue weighted by molar-refractivity contribution is 6.32. The second-order valence-electron chi connectivity index (χ2n) is 4.68. The minimum absolute atomic E-state index is 0.0749. The van der Waals surface area contributed by atoms with Crippen LogP contribution < -0.4 is 10.5 Å². The van der Waals surface area contributed by atoms with Crippen molar-refractivity contribution in [3.05, 3.63) is 52.3 Å². The Labute approximate surface area is 118 Å². The summed E-state index contributed by atoms with van der Waals surface area (Å²) >= 11 is 6.13. The third kappa shape index (κ3) is 3.25. The lowest BCUT2D eigenvalue weighted by molar-refractivity contribution is 0.478. The number of ether oxygens (including phenoxy) is 1. The van der Waals surface area contributed by atoms with Crippen LogP contribution in [-0.4, -0.2) is 4.98 Å². The molecule has 0 saturated heterocycles. The van der Waals surface area contributed by atoms with Crippen molar-refractivity contribution in [2.45, 2.75) is 26.8 Å². The molecule has 2 N–H and O–H groups in total. The number of aromatic nitrogens is 1. The van der Waals surface area contributed by atoms with Crippen molar-refractivity contribution in [2.24, 2.45) is 5.73 Å². The maximum atomic E-state index is 6.13. The molecule has 0 aliphatic carbocycles. The molecule has 1 atom stereocenters. The lowest BCUT2D eigenvalue weighted by Crippen LogP contribution is -2.06. The molecule has 4 heteroatoms. The van der Waals surface area contributed by atoms with Crippen molar-refractivity contribution in [3.8, 4) is 11.5 Å². The second-order valence-corrected chi connectivity index (χ2v) is 5.06. The summed E-state index contributed by atoms with van der Waals surface area (Å²) < 4.78 is 5.77. The third-order valence-corrected chi connectivity index (χ3v) is 3.47. The zero-order chi connectivity index (χ0) is 14.0. The van der Waals surface area contributed by atoms with Crippen LogP contribution in [0.4, 0.5) is 0 Å². The fourth-order valence-electron chi connectivity index (χ4n) is 1.82. The van der Waals surface area contributed by atoms with Gasteiger partial charge in [0.2, 0.25) is 0 Å². The van der Waals surface area contributed by atoms with Gasteiger partial charge in [0.15, 0.2) is 0 Å². The predicted molar refractivity (Wildman–Crippen MR) is 77.8 cm³/mol. The number of aryl methyl sites for hydroxylation is 2. The van der Waals surface area contributed by atoms with E-state index in [0.717, 1.165) is 27.6 Å². The summed E-state index contributed by atoms with van der Waals surface area (Å²) in [7, 11) is 0. The molecule has 1 heterocycles. The summed E-state index contributed by atoms with van der Waals surface area (Å²) in [6.07, 6.45) is 1.68. The highest BCUT2D eigenvalue weighted by Crippen LogP contribution is 2.29. The fraction of sp³-hybridized carbons (Fsp3) is 0.267. The molecule has 100 valence electrons. The zero-order valence-corrected chi connectivity index (χ0v) is 12.0. The van der Waals surface area contributed by atoms with Crippen LogP contribution in [0.1, 0.15) is 29.8 Å². The van der Waals surface area contributed by atoms with Gasteiger partial charge in [0.1, 0.15) is 11.5 Å². The molecule has 0 aliphatic rings. The topological polar surface area (TPSA) is 48.1 Å². The van der Waals surface area contributed by atoms with Crippen molar-refractivity contribution in [3.63, 3.8) is 0 Å². The number of halogens is 1. The standard InChI is InChI=1S/C15H17ClN2O/c1-9-6-13(7-10(2)15(9)16)19-12-4-5-14(11(3)17)18-8-12/h4-8,11H,17H2,1-3H3/t11-/m1/s1. The van der Waals surface area contributed by atoms with Gasteiger partial charge in [0.25, 0.3) is 0 Å². The van der Waals surface area contributed by atoms with Crippen molar-refractivity contribution in [1.29, 1.82) is 0 Å². The van der Waals surface area contributed by atoms with Gasteiger partial charge in [-0.15, -0.1) is 0 Å². The van der Waals surface area contributed by atoms with Gasteiger partial charge < -0.3 is 10.5 Å². The lowest BCUT2D eigenvalue weighted by Gasteiger charge is -2.10. The van der Waals surface area contributed by atoms with Crippen LogP contribution in [0.25, 0.3) is 0 Å². The van der Waals surface area contributed by atoms with Crippen molar-refractivity contribution in [1.82, 2.24) is 4.98 Å². The predicted octanol–water partition coefficient (Wildman–Crippen LogP) is 4.16. The molecule has 1 aromatic carbocycles. The first-order chi connectivity index (χ1) is 8.97. The van der Waals surface area contributed by atoms with Crippen LogP contribution in [0.2, 0.25) is 5.02 Å². The highest BCUT2D eigenvalue weighted by Gasteiger charge is 2.06. The Balaban J connectivity index is 2.21.